The summed E-state index contributed by atoms with van der Waals surface area (Å²) in [5.41, 5.74) is 4.55. The lowest BCUT2D eigenvalue weighted by atomic mass is 9.77. The Balaban J connectivity index is 1.29. The zero-order valence-electron chi connectivity index (χ0n) is 26.3. The second-order valence-electron chi connectivity index (χ2n) is 12.2. The lowest BCUT2D eigenvalue weighted by Gasteiger charge is -2.36. The summed E-state index contributed by atoms with van der Waals surface area (Å²) in [6, 6.07) is 14.9. The van der Waals surface area contributed by atoms with Gasteiger partial charge in [-0.2, -0.15) is 0 Å². The summed E-state index contributed by atoms with van der Waals surface area (Å²) >= 11 is 1.50. The van der Waals surface area contributed by atoms with E-state index in [0.29, 0.717) is 29.5 Å². The van der Waals surface area contributed by atoms with Gasteiger partial charge in [-0.15, -0.1) is 0 Å². The van der Waals surface area contributed by atoms with Crippen LogP contribution in [0.4, 0.5) is 10.5 Å². The second-order valence-corrected chi connectivity index (χ2v) is 13.2. The summed E-state index contributed by atoms with van der Waals surface area (Å²) in [5, 5.41) is 3.45. The minimum atomic E-state index is -0.398. The highest BCUT2D eigenvalue weighted by molar-refractivity contribution is 7.16. The molecule has 9 heteroatoms. The van der Waals surface area contributed by atoms with Gasteiger partial charge in [0.2, 0.25) is 5.91 Å². The highest BCUT2D eigenvalue weighted by atomic mass is 32.1. The van der Waals surface area contributed by atoms with Gasteiger partial charge >= 0.3 is 6.09 Å². The van der Waals surface area contributed by atoms with E-state index in [-0.39, 0.29) is 11.8 Å². The molecule has 1 aromatic heterocycles. The number of hydrogen-bond donors (Lipinski definition) is 1. The number of aromatic nitrogens is 1. The van der Waals surface area contributed by atoms with E-state index in [2.05, 4.69) is 58.5 Å². The molecule has 0 aliphatic heterocycles. The van der Waals surface area contributed by atoms with Gasteiger partial charge < -0.3 is 24.4 Å². The summed E-state index contributed by atoms with van der Waals surface area (Å²) in [4.78, 5) is 33.2. The van der Waals surface area contributed by atoms with Crippen LogP contribution in [0.15, 0.2) is 48.7 Å². The van der Waals surface area contributed by atoms with Crippen molar-refractivity contribution in [3.8, 4) is 21.4 Å². The molecular formula is C35H45N3O5S. The molecule has 3 aromatic rings. The molecule has 0 saturated heterocycles. The second kappa shape index (κ2) is 14.9. The van der Waals surface area contributed by atoms with Crippen LogP contribution in [0.1, 0.15) is 68.4 Å². The van der Waals surface area contributed by atoms with Gasteiger partial charge in [0.25, 0.3) is 5.19 Å². The van der Waals surface area contributed by atoms with E-state index in [4.69, 9.17) is 14.2 Å². The van der Waals surface area contributed by atoms with Crippen LogP contribution in [0.3, 0.4) is 0 Å². The Morgan fingerprint density at radius 2 is 1.68 bits per heavy atom. The number of methoxy groups -OCH3 is 3. The zero-order valence-corrected chi connectivity index (χ0v) is 27.2. The van der Waals surface area contributed by atoms with Gasteiger partial charge in [-0.05, 0) is 111 Å². The molecule has 0 bridgehead atoms. The van der Waals surface area contributed by atoms with Gasteiger partial charge in [0.05, 0.1) is 26.2 Å². The first-order chi connectivity index (χ1) is 21.4. The van der Waals surface area contributed by atoms with Crippen molar-refractivity contribution in [3.63, 3.8) is 0 Å². The van der Waals surface area contributed by atoms with Gasteiger partial charge in [-0.1, -0.05) is 35.6 Å². The fraction of sp³-hybridized carbons (Fsp3) is 0.514. The highest BCUT2D eigenvalue weighted by Crippen LogP contribution is 2.40. The maximum absolute atomic E-state index is 14.3. The Bertz CT molecular complexity index is 1410. The SMILES string of the molecule is COC(=O)NCC1CCC(C(=O)N(CC2CCC(c3ccc(OC)c(C)c3)CC2)c2cccc(-c3cnc(OC)s3)c2)CC1. The number of aryl methyl sites for hydroxylation is 1. The summed E-state index contributed by atoms with van der Waals surface area (Å²) < 4.78 is 15.5. The number of anilines is 1. The molecule has 5 rings (SSSR count). The number of thiazole rings is 1. The smallest absolute Gasteiger partial charge is 0.406 e. The number of alkyl carbamates (subject to hydrolysis) is 1. The van der Waals surface area contributed by atoms with E-state index in [1.807, 2.05) is 12.3 Å². The highest BCUT2D eigenvalue weighted by Gasteiger charge is 2.33. The number of amides is 2. The normalized spacial score (nSPS) is 21.7. The van der Waals surface area contributed by atoms with Gasteiger partial charge in [0, 0.05) is 30.9 Å². The monoisotopic (exact) mass is 619 g/mol. The predicted molar refractivity (Wildman–Crippen MR) is 175 cm³/mol. The third-order valence-electron chi connectivity index (χ3n) is 9.46. The van der Waals surface area contributed by atoms with Crippen LogP contribution in [-0.2, 0) is 9.53 Å². The van der Waals surface area contributed by atoms with Gasteiger partial charge in [-0.25, -0.2) is 9.78 Å². The number of rotatable bonds is 10. The third-order valence-corrected chi connectivity index (χ3v) is 10.5. The molecule has 2 aliphatic carbocycles. The average molecular weight is 620 g/mol. The van der Waals surface area contributed by atoms with E-state index in [9.17, 15) is 9.59 Å². The number of hydrogen-bond acceptors (Lipinski definition) is 7. The van der Waals surface area contributed by atoms with Crippen molar-refractivity contribution in [2.75, 3.05) is 39.3 Å². The third kappa shape index (κ3) is 7.73. The number of ether oxygens (including phenoxy) is 3. The molecule has 0 unspecified atom stereocenters. The van der Waals surface area contributed by atoms with E-state index in [0.717, 1.165) is 79.8 Å². The molecule has 1 heterocycles. The maximum Gasteiger partial charge on any atom is 0.406 e. The predicted octanol–water partition coefficient (Wildman–Crippen LogP) is 7.61. The van der Waals surface area contributed by atoms with Crippen LogP contribution < -0.4 is 19.7 Å². The quantitative estimate of drug-likeness (QED) is 0.251. The molecule has 8 nitrogen and oxygen atoms in total. The topological polar surface area (TPSA) is 90.0 Å². The van der Waals surface area contributed by atoms with Gasteiger partial charge in [0.15, 0.2) is 0 Å². The van der Waals surface area contributed by atoms with E-state index < -0.39 is 6.09 Å². The summed E-state index contributed by atoms with van der Waals surface area (Å²) in [6.45, 7) is 3.43. The minimum absolute atomic E-state index is 0.0184. The Morgan fingerprint density at radius 3 is 2.34 bits per heavy atom. The van der Waals surface area contributed by atoms with Crippen molar-refractivity contribution in [3.05, 3.63) is 59.8 Å². The molecular weight excluding hydrogens is 574 g/mol. The molecule has 2 saturated carbocycles. The molecule has 2 fully saturated rings. The zero-order chi connectivity index (χ0) is 31.1. The first-order valence-corrected chi connectivity index (χ1v) is 16.6. The fourth-order valence-corrected chi connectivity index (χ4v) is 7.59. The molecule has 0 spiro atoms. The van der Waals surface area contributed by atoms with E-state index >= 15 is 0 Å². The molecule has 44 heavy (non-hydrogen) atoms. The van der Waals surface area contributed by atoms with Crippen LogP contribution >= 0.6 is 11.3 Å². The summed E-state index contributed by atoms with van der Waals surface area (Å²) in [7, 11) is 4.73. The lowest BCUT2D eigenvalue weighted by Crippen LogP contribution is -2.42. The fourth-order valence-electron chi connectivity index (χ4n) is 6.86. The molecule has 236 valence electrons. The Morgan fingerprint density at radius 1 is 0.932 bits per heavy atom. The first-order valence-electron chi connectivity index (χ1n) is 15.8. The van der Waals surface area contributed by atoms with Crippen LogP contribution in [-0.4, -0.2) is 51.4 Å². The van der Waals surface area contributed by atoms with E-state index in [1.165, 1.54) is 29.6 Å². The molecule has 1 N–H and O–H groups in total. The van der Waals surface area contributed by atoms with Crippen molar-refractivity contribution in [1.29, 1.82) is 0 Å². The molecule has 2 aliphatic rings. The van der Waals surface area contributed by atoms with Gasteiger partial charge in [-0.3, -0.25) is 4.79 Å². The average Bonchev–Trinajstić information content (AvgIpc) is 3.56. The molecule has 2 amide bonds. The summed E-state index contributed by atoms with van der Waals surface area (Å²) in [6.07, 6.45) is 9.37. The Kier molecular flexibility index (Phi) is 10.8. The first kappa shape index (κ1) is 31.8. The number of benzene rings is 2. The van der Waals surface area contributed by atoms with Crippen molar-refractivity contribution in [1.82, 2.24) is 10.3 Å². The van der Waals surface area contributed by atoms with Crippen LogP contribution in [0, 0.1) is 24.7 Å². The molecule has 0 radical (unpaired) electrons. The van der Waals surface area contributed by atoms with Crippen LogP contribution in [0.5, 0.6) is 10.9 Å². The summed E-state index contributed by atoms with van der Waals surface area (Å²) in [5.74, 6) is 2.49. The Hall–Kier alpha value is -3.59. The van der Waals surface area contributed by atoms with Crippen LogP contribution in [0.25, 0.3) is 10.4 Å². The number of carbonyl (C=O) groups is 2. The van der Waals surface area contributed by atoms with Crippen molar-refractivity contribution < 1.29 is 23.8 Å². The number of carbonyl (C=O) groups excluding carboxylic acids is 2. The largest absolute Gasteiger partial charge is 0.496 e. The maximum atomic E-state index is 14.3. The lowest BCUT2D eigenvalue weighted by molar-refractivity contribution is -0.123. The number of nitrogens with zero attached hydrogens (tertiary/aromatic N) is 2. The van der Waals surface area contributed by atoms with Gasteiger partial charge in [0.1, 0.15) is 5.75 Å². The Labute approximate surface area is 265 Å². The molecule has 0 atom stereocenters. The van der Waals surface area contributed by atoms with E-state index in [1.54, 1.807) is 14.2 Å². The van der Waals surface area contributed by atoms with Crippen LogP contribution in [0.2, 0.25) is 0 Å². The van der Waals surface area contributed by atoms with Crippen molar-refractivity contribution >= 4 is 29.0 Å². The number of nitrogens with one attached hydrogen (secondary N) is 1. The minimum Gasteiger partial charge on any atom is -0.496 e. The standard InChI is InChI=1S/C35H45N3O5S/c1-23-18-28(16-17-31(23)41-2)26-12-10-25(11-13-26)22-38(30-7-5-6-29(19-30)32-21-37-35(43-4)44-32)33(39)27-14-8-24(9-15-27)20-36-34(40)42-3/h5-7,16-19,21,24-27H,8-15,20,22H2,1-4H3,(H,36,40). The van der Waals surface area contributed by atoms with Crippen molar-refractivity contribution in [2.24, 2.45) is 17.8 Å². The molecule has 2 aromatic carbocycles. The van der Waals surface area contributed by atoms with Crippen molar-refractivity contribution in [2.45, 2.75) is 64.2 Å².